The SMILES string of the molecule is COc1ccc(CN=C(N)NCc2ccc(C)cc2OC(C)(C)C)cc1OC. The molecule has 0 radical (unpaired) electrons. The van der Waals surface area contributed by atoms with Crippen molar-refractivity contribution in [3.63, 3.8) is 0 Å². The van der Waals surface area contributed by atoms with Crippen LogP contribution in [0.15, 0.2) is 41.4 Å². The molecule has 6 heteroatoms. The Morgan fingerprint density at radius 2 is 1.71 bits per heavy atom. The number of nitrogens with one attached hydrogen (secondary N) is 1. The van der Waals surface area contributed by atoms with Crippen molar-refractivity contribution in [2.45, 2.75) is 46.4 Å². The van der Waals surface area contributed by atoms with Gasteiger partial charge in [-0.2, -0.15) is 0 Å². The van der Waals surface area contributed by atoms with Crippen LogP contribution in [0.2, 0.25) is 0 Å². The van der Waals surface area contributed by atoms with E-state index in [9.17, 15) is 0 Å². The first-order valence-electron chi connectivity index (χ1n) is 9.25. The minimum Gasteiger partial charge on any atom is -0.493 e. The van der Waals surface area contributed by atoms with Crippen LogP contribution in [0.1, 0.15) is 37.5 Å². The molecule has 0 saturated carbocycles. The van der Waals surface area contributed by atoms with Crippen molar-refractivity contribution in [1.82, 2.24) is 5.32 Å². The van der Waals surface area contributed by atoms with E-state index in [2.05, 4.69) is 16.4 Å². The van der Waals surface area contributed by atoms with Gasteiger partial charge in [0.25, 0.3) is 0 Å². The van der Waals surface area contributed by atoms with Crippen molar-refractivity contribution in [3.05, 3.63) is 53.1 Å². The molecule has 2 aromatic rings. The summed E-state index contributed by atoms with van der Waals surface area (Å²) in [7, 11) is 3.22. The third-order valence-electron chi connectivity index (χ3n) is 3.98. The summed E-state index contributed by atoms with van der Waals surface area (Å²) in [5.74, 6) is 2.59. The topological polar surface area (TPSA) is 78.1 Å². The van der Waals surface area contributed by atoms with Gasteiger partial charge in [-0.1, -0.05) is 18.2 Å². The molecular formula is C22H31N3O3. The van der Waals surface area contributed by atoms with Gasteiger partial charge in [0.1, 0.15) is 11.4 Å². The molecule has 152 valence electrons. The van der Waals surface area contributed by atoms with Crippen LogP contribution in [0.5, 0.6) is 17.2 Å². The molecule has 0 saturated heterocycles. The Balaban J connectivity index is 2.03. The van der Waals surface area contributed by atoms with E-state index in [-0.39, 0.29) is 5.60 Å². The number of hydrogen-bond donors (Lipinski definition) is 2. The number of nitrogens with zero attached hydrogens (tertiary/aromatic N) is 1. The van der Waals surface area contributed by atoms with Crippen LogP contribution in [-0.4, -0.2) is 25.8 Å². The van der Waals surface area contributed by atoms with Gasteiger partial charge in [-0.05, 0) is 57.0 Å². The number of ether oxygens (including phenoxy) is 3. The Kier molecular flexibility index (Phi) is 7.15. The lowest BCUT2D eigenvalue weighted by Gasteiger charge is -2.24. The van der Waals surface area contributed by atoms with E-state index in [1.54, 1.807) is 14.2 Å². The standard InChI is InChI=1S/C22H31N3O3/c1-15-7-9-17(19(11-15)28-22(2,3)4)14-25-21(23)24-13-16-8-10-18(26-5)20(12-16)27-6/h7-12H,13-14H2,1-6H3,(H3,23,24,25). The van der Waals surface area contributed by atoms with Gasteiger partial charge in [-0.15, -0.1) is 0 Å². The summed E-state index contributed by atoms with van der Waals surface area (Å²) in [6, 6.07) is 11.8. The van der Waals surface area contributed by atoms with Gasteiger partial charge in [0, 0.05) is 12.1 Å². The van der Waals surface area contributed by atoms with E-state index in [1.807, 2.05) is 58.0 Å². The molecule has 2 aromatic carbocycles. The maximum atomic E-state index is 6.08. The van der Waals surface area contributed by atoms with Gasteiger partial charge in [0.2, 0.25) is 0 Å². The third kappa shape index (κ3) is 6.37. The van der Waals surface area contributed by atoms with E-state index >= 15 is 0 Å². The molecule has 0 fully saturated rings. The fraction of sp³-hybridized carbons (Fsp3) is 0.409. The largest absolute Gasteiger partial charge is 0.493 e. The Morgan fingerprint density at radius 1 is 1.00 bits per heavy atom. The third-order valence-corrected chi connectivity index (χ3v) is 3.98. The lowest BCUT2D eigenvalue weighted by atomic mass is 10.1. The number of hydrogen-bond acceptors (Lipinski definition) is 4. The molecule has 0 aliphatic carbocycles. The number of benzene rings is 2. The zero-order valence-corrected chi connectivity index (χ0v) is 17.6. The lowest BCUT2D eigenvalue weighted by molar-refractivity contribution is 0.129. The van der Waals surface area contributed by atoms with Crippen LogP contribution in [0.3, 0.4) is 0 Å². The maximum Gasteiger partial charge on any atom is 0.189 e. The molecule has 0 heterocycles. The number of aliphatic imine (C=N–C) groups is 1. The van der Waals surface area contributed by atoms with Crippen LogP contribution in [-0.2, 0) is 13.1 Å². The van der Waals surface area contributed by atoms with Gasteiger partial charge in [0.15, 0.2) is 17.5 Å². The highest BCUT2D eigenvalue weighted by molar-refractivity contribution is 5.77. The quantitative estimate of drug-likeness (QED) is 0.560. The average Bonchev–Trinajstić information content (AvgIpc) is 2.64. The number of guanidine groups is 1. The van der Waals surface area contributed by atoms with Gasteiger partial charge in [-0.3, -0.25) is 0 Å². The van der Waals surface area contributed by atoms with E-state index in [0.29, 0.717) is 30.5 Å². The molecule has 0 spiro atoms. The first-order valence-corrected chi connectivity index (χ1v) is 9.25. The summed E-state index contributed by atoms with van der Waals surface area (Å²) in [5.41, 5.74) is 8.94. The molecule has 0 bridgehead atoms. The van der Waals surface area contributed by atoms with Crippen molar-refractivity contribution in [3.8, 4) is 17.2 Å². The monoisotopic (exact) mass is 385 g/mol. The van der Waals surface area contributed by atoms with Crippen LogP contribution >= 0.6 is 0 Å². The Hall–Kier alpha value is -2.89. The first-order chi connectivity index (χ1) is 13.2. The second kappa shape index (κ2) is 9.35. The van der Waals surface area contributed by atoms with Gasteiger partial charge < -0.3 is 25.3 Å². The predicted molar refractivity (Wildman–Crippen MR) is 113 cm³/mol. The second-order valence-corrected chi connectivity index (χ2v) is 7.57. The predicted octanol–water partition coefficient (Wildman–Crippen LogP) is 3.79. The molecule has 28 heavy (non-hydrogen) atoms. The Bertz CT molecular complexity index is 826. The molecule has 2 rings (SSSR count). The van der Waals surface area contributed by atoms with Crippen LogP contribution in [0.4, 0.5) is 0 Å². The molecule has 3 N–H and O–H groups in total. The summed E-state index contributed by atoms with van der Waals surface area (Å²) in [6.07, 6.45) is 0. The summed E-state index contributed by atoms with van der Waals surface area (Å²) >= 11 is 0. The maximum absolute atomic E-state index is 6.08. The minimum atomic E-state index is -0.268. The minimum absolute atomic E-state index is 0.268. The van der Waals surface area contributed by atoms with Crippen LogP contribution in [0, 0.1) is 6.92 Å². The normalized spacial score (nSPS) is 11.9. The molecule has 0 unspecified atom stereocenters. The van der Waals surface area contributed by atoms with Crippen LogP contribution in [0.25, 0.3) is 0 Å². The molecule has 0 aromatic heterocycles. The van der Waals surface area contributed by atoms with Crippen molar-refractivity contribution in [2.24, 2.45) is 10.7 Å². The zero-order chi connectivity index (χ0) is 20.7. The van der Waals surface area contributed by atoms with Crippen LogP contribution < -0.4 is 25.3 Å². The van der Waals surface area contributed by atoms with Gasteiger partial charge >= 0.3 is 0 Å². The Morgan fingerprint density at radius 3 is 2.36 bits per heavy atom. The highest BCUT2D eigenvalue weighted by atomic mass is 16.5. The van der Waals surface area contributed by atoms with E-state index < -0.39 is 0 Å². The average molecular weight is 386 g/mol. The van der Waals surface area contributed by atoms with E-state index in [0.717, 1.165) is 22.4 Å². The highest BCUT2D eigenvalue weighted by Crippen LogP contribution is 2.28. The molecule has 6 nitrogen and oxygen atoms in total. The summed E-state index contributed by atoms with van der Waals surface area (Å²) in [4.78, 5) is 4.41. The summed E-state index contributed by atoms with van der Waals surface area (Å²) < 4.78 is 16.6. The zero-order valence-electron chi connectivity index (χ0n) is 17.6. The van der Waals surface area contributed by atoms with Gasteiger partial charge in [0.05, 0.1) is 20.8 Å². The Labute approximate surface area is 167 Å². The van der Waals surface area contributed by atoms with E-state index in [1.165, 1.54) is 0 Å². The lowest BCUT2D eigenvalue weighted by Crippen LogP contribution is -2.31. The fourth-order valence-electron chi connectivity index (χ4n) is 2.63. The van der Waals surface area contributed by atoms with Crippen molar-refractivity contribution in [1.29, 1.82) is 0 Å². The first kappa shape index (κ1) is 21.4. The fourth-order valence-corrected chi connectivity index (χ4v) is 2.63. The summed E-state index contributed by atoms with van der Waals surface area (Å²) in [5, 5.41) is 3.16. The molecule has 0 amide bonds. The number of nitrogens with two attached hydrogens (primary N) is 1. The summed E-state index contributed by atoms with van der Waals surface area (Å²) in [6.45, 7) is 9.12. The molecule has 0 aliphatic rings. The highest BCUT2D eigenvalue weighted by Gasteiger charge is 2.15. The second-order valence-electron chi connectivity index (χ2n) is 7.57. The number of aryl methyl sites for hydroxylation is 1. The van der Waals surface area contributed by atoms with Crippen molar-refractivity contribution >= 4 is 5.96 Å². The number of methoxy groups -OCH3 is 2. The van der Waals surface area contributed by atoms with Crippen molar-refractivity contribution < 1.29 is 14.2 Å². The van der Waals surface area contributed by atoms with Crippen molar-refractivity contribution in [2.75, 3.05) is 14.2 Å². The van der Waals surface area contributed by atoms with Gasteiger partial charge in [-0.25, -0.2) is 4.99 Å². The van der Waals surface area contributed by atoms with E-state index in [4.69, 9.17) is 19.9 Å². The smallest absolute Gasteiger partial charge is 0.189 e. The molecule has 0 aliphatic heterocycles. The molecular weight excluding hydrogens is 354 g/mol. The number of rotatable bonds is 7. The molecule has 0 atom stereocenters.